The first-order valence-electron chi connectivity index (χ1n) is 8.37. The number of hydrogen-bond acceptors (Lipinski definition) is 7. The third-order valence-corrected chi connectivity index (χ3v) is 4.04. The first-order chi connectivity index (χ1) is 12.2. The summed E-state index contributed by atoms with van der Waals surface area (Å²) < 4.78 is 5.47. The highest BCUT2D eigenvalue weighted by Crippen LogP contribution is 2.19. The molecular formula is C17H22N6O2. The zero-order chi connectivity index (χ0) is 17.6. The molecule has 3 rings (SSSR count). The fourth-order valence-electron chi connectivity index (χ4n) is 2.72. The summed E-state index contributed by atoms with van der Waals surface area (Å²) in [7, 11) is 1.58. The second-order valence-corrected chi connectivity index (χ2v) is 5.60. The van der Waals surface area contributed by atoms with E-state index in [-0.39, 0.29) is 5.91 Å². The summed E-state index contributed by atoms with van der Waals surface area (Å²) in [5, 5.41) is 10.7. The average molecular weight is 342 g/mol. The molecule has 8 heteroatoms. The van der Waals surface area contributed by atoms with E-state index in [2.05, 4.69) is 30.3 Å². The van der Waals surface area contributed by atoms with E-state index in [1.807, 2.05) is 31.2 Å². The van der Waals surface area contributed by atoms with Crippen LogP contribution in [0.5, 0.6) is 5.88 Å². The van der Waals surface area contributed by atoms with Gasteiger partial charge in [0, 0.05) is 39.3 Å². The Kier molecular flexibility index (Phi) is 5.27. The van der Waals surface area contributed by atoms with Gasteiger partial charge in [-0.25, -0.2) is 0 Å². The number of piperazine rings is 1. The molecule has 0 spiro atoms. The minimum Gasteiger partial charge on any atom is -0.478 e. The lowest BCUT2D eigenvalue weighted by Gasteiger charge is -2.35. The molecule has 0 radical (unpaired) electrons. The fourth-order valence-corrected chi connectivity index (χ4v) is 2.72. The number of hydrogen-bond donors (Lipinski definition) is 1. The lowest BCUT2D eigenvalue weighted by Crippen LogP contribution is -2.47. The molecule has 1 amide bonds. The SMILES string of the molecule is CCOc1cccc(N2CCN(c3ccc(C(=O)NC)nn3)CC2)n1. The van der Waals surface area contributed by atoms with Crippen molar-refractivity contribution >= 4 is 17.5 Å². The van der Waals surface area contributed by atoms with Gasteiger partial charge in [0.1, 0.15) is 5.82 Å². The largest absolute Gasteiger partial charge is 0.478 e. The number of ether oxygens (including phenoxy) is 1. The van der Waals surface area contributed by atoms with E-state index < -0.39 is 0 Å². The van der Waals surface area contributed by atoms with Gasteiger partial charge < -0.3 is 19.9 Å². The molecule has 1 aliphatic heterocycles. The van der Waals surface area contributed by atoms with Crippen LogP contribution in [0.4, 0.5) is 11.6 Å². The Morgan fingerprint density at radius 1 is 1.08 bits per heavy atom. The zero-order valence-corrected chi connectivity index (χ0v) is 14.5. The van der Waals surface area contributed by atoms with Crippen molar-refractivity contribution in [1.29, 1.82) is 0 Å². The van der Waals surface area contributed by atoms with Crippen LogP contribution in [0, 0.1) is 0 Å². The molecule has 3 heterocycles. The molecule has 1 saturated heterocycles. The Morgan fingerprint density at radius 2 is 1.80 bits per heavy atom. The number of nitrogens with one attached hydrogen (secondary N) is 1. The lowest BCUT2D eigenvalue weighted by molar-refractivity contribution is 0.0957. The summed E-state index contributed by atoms with van der Waals surface area (Å²) >= 11 is 0. The van der Waals surface area contributed by atoms with Crippen LogP contribution in [-0.2, 0) is 0 Å². The average Bonchev–Trinajstić information content (AvgIpc) is 2.68. The monoisotopic (exact) mass is 342 g/mol. The summed E-state index contributed by atoms with van der Waals surface area (Å²) in [5.74, 6) is 2.12. The Morgan fingerprint density at radius 3 is 2.40 bits per heavy atom. The highest BCUT2D eigenvalue weighted by atomic mass is 16.5. The van der Waals surface area contributed by atoms with Gasteiger partial charge in [0.05, 0.1) is 6.61 Å². The molecule has 2 aromatic rings. The second kappa shape index (κ2) is 7.78. The van der Waals surface area contributed by atoms with Crippen LogP contribution in [0.25, 0.3) is 0 Å². The van der Waals surface area contributed by atoms with Gasteiger partial charge in [-0.3, -0.25) is 4.79 Å². The van der Waals surface area contributed by atoms with E-state index in [0.29, 0.717) is 18.2 Å². The van der Waals surface area contributed by atoms with E-state index in [1.54, 1.807) is 13.1 Å². The number of aromatic nitrogens is 3. The molecule has 1 fully saturated rings. The molecule has 132 valence electrons. The minimum atomic E-state index is -0.232. The maximum atomic E-state index is 11.5. The molecule has 1 N–H and O–H groups in total. The number of rotatable bonds is 5. The first kappa shape index (κ1) is 16.9. The van der Waals surface area contributed by atoms with Gasteiger partial charge >= 0.3 is 0 Å². The number of amides is 1. The fraction of sp³-hybridized carbons (Fsp3) is 0.412. The molecule has 0 aliphatic carbocycles. The summed E-state index contributed by atoms with van der Waals surface area (Å²) in [6.45, 7) is 5.85. The topological polar surface area (TPSA) is 83.5 Å². The predicted molar refractivity (Wildman–Crippen MR) is 95.3 cm³/mol. The second-order valence-electron chi connectivity index (χ2n) is 5.60. The van der Waals surface area contributed by atoms with E-state index >= 15 is 0 Å². The summed E-state index contributed by atoms with van der Waals surface area (Å²) in [6.07, 6.45) is 0. The molecular weight excluding hydrogens is 320 g/mol. The van der Waals surface area contributed by atoms with Crippen molar-refractivity contribution in [2.24, 2.45) is 0 Å². The molecule has 0 bridgehead atoms. The first-order valence-corrected chi connectivity index (χ1v) is 8.37. The molecule has 25 heavy (non-hydrogen) atoms. The summed E-state index contributed by atoms with van der Waals surface area (Å²) in [6, 6.07) is 9.35. The van der Waals surface area contributed by atoms with Gasteiger partial charge in [-0.15, -0.1) is 10.2 Å². The number of carbonyl (C=O) groups excluding carboxylic acids is 1. The maximum absolute atomic E-state index is 11.5. The number of pyridine rings is 1. The highest BCUT2D eigenvalue weighted by molar-refractivity contribution is 5.91. The van der Waals surface area contributed by atoms with Gasteiger partial charge in [-0.1, -0.05) is 6.07 Å². The maximum Gasteiger partial charge on any atom is 0.271 e. The Labute approximate surface area is 146 Å². The van der Waals surface area contributed by atoms with Crippen LogP contribution in [0.3, 0.4) is 0 Å². The van der Waals surface area contributed by atoms with Crippen LogP contribution < -0.4 is 19.9 Å². The van der Waals surface area contributed by atoms with Crippen molar-refractivity contribution in [1.82, 2.24) is 20.5 Å². The van der Waals surface area contributed by atoms with E-state index in [1.165, 1.54) is 0 Å². The van der Waals surface area contributed by atoms with Crippen LogP contribution >= 0.6 is 0 Å². The molecule has 0 unspecified atom stereocenters. The Bertz CT molecular complexity index is 713. The molecule has 1 aliphatic rings. The van der Waals surface area contributed by atoms with Crippen molar-refractivity contribution in [3.05, 3.63) is 36.0 Å². The normalized spacial score (nSPS) is 14.3. The molecule has 2 aromatic heterocycles. The van der Waals surface area contributed by atoms with Gasteiger partial charge in [-0.05, 0) is 25.1 Å². The third-order valence-electron chi connectivity index (χ3n) is 4.04. The standard InChI is InChI=1S/C17H22N6O2/c1-3-25-16-6-4-5-14(19-16)22-9-11-23(12-10-22)15-8-7-13(20-21-15)17(24)18-2/h4-8H,3,9-12H2,1-2H3,(H,18,24). The molecule has 0 saturated carbocycles. The van der Waals surface area contributed by atoms with Crippen molar-refractivity contribution in [3.63, 3.8) is 0 Å². The van der Waals surface area contributed by atoms with Gasteiger partial charge in [0.2, 0.25) is 5.88 Å². The van der Waals surface area contributed by atoms with Gasteiger partial charge in [-0.2, -0.15) is 4.98 Å². The lowest BCUT2D eigenvalue weighted by atomic mass is 10.3. The minimum absolute atomic E-state index is 0.232. The van der Waals surface area contributed by atoms with Crippen LogP contribution in [0.2, 0.25) is 0 Å². The highest BCUT2D eigenvalue weighted by Gasteiger charge is 2.20. The van der Waals surface area contributed by atoms with Crippen molar-refractivity contribution < 1.29 is 9.53 Å². The van der Waals surface area contributed by atoms with Crippen molar-refractivity contribution in [2.45, 2.75) is 6.92 Å². The van der Waals surface area contributed by atoms with Crippen LogP contribution in [0.1, 0.15) is 17.4 Å². The molecule has 8 nitrogen and oxygen atoms in total. The number of carbonyl (C=O) groups is 1. The Balaban J connectivity index is 1.61. The number of anilines is 2. The van der Waals surface area contributed by atoms with Crippen LogP contribution in [0.15, 0.2) is 30.3 Å². The molecule has 0 aromatic carbocycles. The summed E-state index contributed by atoms with van der Waals surface area (Å²) in [5.41, 5.74) is 0.321. The van der Waals surface area contributed by atoms with Gasteiger partial charge in [0.15, 0.2) is 11.5 Å². The predicted octanol–water partition coefficient (Wildman–Crippen LogP) is 0.956. The smallest absolute Gasteiger partial charge is 0.271 e. The van der Waals surface area contributed by atoms with Crippen molar-refractivity contribution in [2.75, 3.05) is 49.6 Å². The Hall–Kier alpha value is -2.90. The van der Waals surface area contributed by atoms with E-state index in [9.17, 15) is 4.79 Å². The van der Waals surface area contributed by atoms with Crippen molar-refractivity contribution in [3.8, 4) is 5.88 Å². The molecule has 0 atom stereocenters. The third kappa shape index (κ3) is 3.96. The van der Waals surface area contributed by atoms with E-state index in [4.69, 9.17) is 4.74 Å². The van der Waals surface area contributed by atoms with E-state index in [0.717, 1.165) is 37.8 Å². The zero-order valence-electron chi connectivity index (χ0n) is 14.5. The quantitative estimate of drug-likeness (QED) is 0.866. The van der Waals surface area contributed by atoms with Gasteiger partial charge in [0.25, 0.3) is 5.91 Å². The number of nitrogens with zero attached hydrogens (tertiary/aromatic N) is 5. The van der Waals surface area contributed by atoms with Crippen LogP contribution in [-0.4, -0.2) is 60.9 Å². The summed E-state index contributed by atoms with van der Waals surface area (Å²) in [4.78, 5) is 20.4.